The smallest absolute Gasteiger partial charge is 0.234 e. The molecule has 1 saturated carbocycles. The molecule has 0 aromatic carbocycles. The number of carbonyl (C=O) groups is 1. The van der Waals surface area contributed by atoms with Crippen LogP contribution in [-0.4, -0.2) is 18.0 Å². The number of hydrogen-bond donors (Lipinski definition) is 2. The van der Waals surface area contributed by atoms with Crippen LogP contribution in [0.3, 0.4) is 0 Å². The molecule has 1 heterocycles. The normalized spacial score (nSPS) is 50.5. The first-order chi connectivity index (χ1) is 4.70. The largest absolute Gasteiger partial charge is 0.368 e. The SMILES string of the molecule is C[C@H]1[C@H]2C[C@@H](C(N)=O)N[C@@H]12. The van der Waals surface area contributed by atoms with E-state index in [0.717, 1.165) is 18.3 Å². The summed E-state index contributed by atoms with van der Waals surface area (Å²) in [5.74, 6) is 1.31. The molecule has 4 atom stereocenters. The maximum absolute atomic E-state index is 10.6. The molecule has 1 amide bonds. The van der Waals surface area contributed by atoms with Crippen molar-refractivity contribution in [1.29, 1.82) is 0 Å². The van der Waals surface area contributed by atoms with Crippen molar-refractivity contribution in [3.63, 3.8) is 0 Å². The van der Waals surface area contributed by atoms with Gasteiger partial charge in [-0.05, 0) is 18.3 Å². The van der Waals surface area contributed by atoms with E-state index in [1.54, 1.807) is 0 Å². The Morgan fingerprint density at radius 3 is 2.80 bits per heavy atom. The molecule has 1 aliphatic heterocycles. The van der Waals surface area contributed by atoms with Gasteiger partial charge < -0.3 is 11.1 Å². The minimum absolute atomic E-state index is 0.0359. The molecule has 0 radical (unpaired) electrons. The van der Waals surface area contributed by atoms with Crippen LogP contribution in [0.25, 0.3) is 0 Å². The summed E-state index contributed by atoms with van der Waals surface area (Å²) in [6.45, 7) is 2.21. The van der Waals surface area contributed by atoms with Gasteiger partial charge in [-0.1, -0.05) is 6.92 Å². The van der Waals surface area contributed by atoms with E-state index in [4.69, 9.17) is 5.73 Å². The predicted octanol–water partition coefficient (Wildman–Crippen LogP) is -0.532. The molecule has 0 unspecified atom stereocenters. The predicted molar refractivity (Wildman–Crippen MR) is 37.2 cm³/mol. The molecular formula is C7H12N2O. The van der Waals surface area contributed by atoms with Crippen LogP contribution in [0.5, 0.6) is 0 Å². The average Bonchev–Trinajstić information content (AvgIpc) is 2.38. The van der Waals surface area contributed by atoms with Crippen molar-refractivity contribution in [2.45, 2.75) is 25.4 Å². The fourth-order valence-electron chi connectivity index (χ4n) is 1.95. The minimum atomic E-state index is -0.195. The third-order valence-corrected chi connectivity index (χ3v) is 2.81. The van der Waals surface area contributed by atoms with Crippen molar-refractivity contribution in [2.75, 3.05) is 0 Å². The van der Waals surface area contributed by atoms with Crippen LogP contribution in [0, 0.1) is 11.8 Å². The topological polar surface area (TPSA) is 55.1 Å². The summed E-state index contributed by atoms with van der Waals surface area (Å²) in [6.07, 6.45) is 0.959. The fraction of sp³-hybridized carbons (Fsp3) is 0.857. The van der Waals surface area contributed by atoms with Crippen LogP contribution < -0.4 is 11.1 Å². The first kappa shape index (κ1) is 6.16. The lowest BCUT2D eigenvalue weighted by Crippen LogP contribution is -2.39. The molecule has 3 N–H and O–H groups in total. The van der Waals surface area contributed by atoms with E-state index in [9.17, 15) is 4.79 Å². The molecule has 0 spiro atoms. The van der Waals surface area contributed by atoms with Gasteiger partial charge in [0.2, 0.25) is 5.91 Å². The highest BCUT2D eigenvalue weighted by atomic mass is 16.1. The molecule has 10 heavy (non-hydrogen) atoms. The van der Waals surface area contributed by atoms with Crippen molar-refractivity contribution in [3.05, 3.63) is 0 Å². The van der Waals surface area contributed by atoms with Crippen LogP contribution in [-0.2, 0) is 4.79 Å². The van der Waals surface area contributed by atoms with Crippen LogP contribution in [0.4, 0.5) is 0 Å². The number of nitrogens with one attached hydrogen (secondary N) is 1. The van der Waals surface area contributed by atoms with Crippen LogP contribution >= 0.6 is 0 Å². The number of amides is 1. The molecule has 2 fully saturated rings. The summed E-state index contributed by atoms with van der Waals surface area (Å²) in [6, 6.07) is 0.559. The lowest BCUT2D eigenvalue weighted by atomic mass is 10.1. The standard InChI is InChI=1S/C7H12N2O/c1-3-4-2-5(7(8)10)9-6(3)4/h3-6,9H,2H2,1H3,(H2,8,10)/t3-,4+,5-,6-/m0/s1. The van der Waals surface area contributed by atoms with Crippen molar-refractivity contribution in [1.82, 2.24) is 5.32 Å². The molecule has 3 nitrogen and oxygen atoms in total. The third-order valence-electron chi connectivity index (χ3n) is 2.81. The highest BCUT2D eigenvalue weighted by Gasteiger charge is 2.54. The maximum Gasteiger partial charge on any atom is 0.234 e. The van der Waals surface area contributed by atoms with Gasteiger partial charge in [0, 0.05) is 6.04 Å². The number of piperidine rings is 1. The van der Waals surface area contributed by atoms with E-state index in [-0.39, 0.29) is 11.9 Å². The van der Waals surface area contributed by atoms with Gasteiger partial charge in [0.1, 0.15) is 0 Å². The highest BCUT2D eigenvalue weighted by Crippen LogP contribution is 2.46. The summed E-state index contributed by atoms with van der Waals surface area (Å²) in [7, 11) is 0. The molecule has 56 valence electrons. The van der Waals surface area contributed by atoms with Crippen LogP contribution in [0.15, 0.2) is 0 Å². The van der Waals surface area contributed by atoms with E-state index < -0.39 is 0 Å². The molecule has 0 aromatic heterocycles. The van der Waals surface area contributed by atoms with Gasteiger partial charge in [0.15, 0.2) is 0 Å². The number of rotatable bonds is 1. The van der Waals surface area contributed by atoms with Gasteiger partial charge in [0.25, 0.3) is 0 Å². The lowest BCUT2D eigenvalue weighted by molar-refractivity contribution is -0.119. The molecule has 1 aliphatic carbocycles. The van der Waals surface area contributed by atoms with Crippen LogP contribution in [0.1, 0.15) is 13.3 Å². The van der Waals surface area contributed by atoms with E-state index in [0.29, 0.717) is 6.04 Å². The fourth-order valence-corrected chi connectivity index (χ4v) is 1.95. The van der Waals surface area contributed by atoms with E-state index in [1.165, 1.54) is 0 Å². The van der Waals surface area contributed by atoms with Gasteiger partial charge >= 0.3 is 0 Å². The zero-order valence-electron chi connectivity index (χ0n) is 6.00. The van der Waals surface area contributed by atoms with Crippen molar-refractivity contribution < 1.29 is 4.79 Å². The van der Waals surface area contributed by atoms with E-state index in [2.05, 4.69) is 12.2 Å². The third kappa shape index (κ3) is 0.669. The number of carbonyl (C=O) groups excluding carboxylic acids is 1. The summed E-state index contributed by atoms with van der Waals surface area (Å²) in [4.78, 5) is 10.6. The van der Waals surface area contributed by atoms with Gasteiger partial charge in [0.05, 0.1) is 6.04 Å². The second kappa shape index (κ2) is 1.72. The van der Waals surface area contributed by atoms with E-state index >= 15 is 0 Å². The van der Waals surface area contributed by atoms with Gasteiger partial charge in [-0.2, -0.15) is 0 Å². The number of hydrogen-bond acceptors (Lipinski definition) is 2. The number of nitrogens with two attached hydrogens (primary N) is 1. The second-order valence-electron chi connectivity index (χ2n) is 3.41. The molecule has 3 heteroatoms. The van der Waals surface area contributed by atoms with Gasteiger partial charge in [-0.15, -0.1) is 0 Å². The highest BCUT2D eigenvalue weighted by molar-refractivity contribution is 5.80. The molecular weight excluding hydrogens is 128 g/mol. The molecule has 2 aliphatic rings. The quantitative estimate of drug-likeness (QED) is 0.514. The maximum atomic E-state index is 10.6. The van der Waals surface area contributed by atoms with Crippen molar-refractivity contribution >= 4 is 5.91 Å². The molecule has 1 saturated heterocycles. The van der Waals surface area contributed by atoms with E-state index in [1.807, 2.05) is 0 Å². The minimum Gasteiger partial charge on any atom is -0.368 e. The zero-order valence-corrected chi connectivity index (χ0v) is 6.00. The second-order valence-corrected chi connectivity index (χ2v) is 3.41. The summed E-state index contributed by atoms with van der Waals surface area (Å²) in [5, 5.41) is 3.20. The summed E-state index contributed by atoms with van der Waals surface area (Å²) in [5.41, 5.74) is 5.12. The van der Waals surface area contributed by atoms with Gasteiger partial charge in [-0.3, -0.25) is 4.79 Å². The Bertz CT molecular complexity index is 168. The number of fused-ring (bicyclic) bond motifs is 1. The summed E-state index contributed by atoms with van der Waals surface area (Å²) >= 11 is 0. The Kier molecular flexibility index (Phi) is 1.06. The lowest BCUT2D eigenvalue weighted by Gasteiger charge is -2.08. The monoisotopic (exact) mass is 140 g/mol. The molecule has 2 rings (SSSR count). The summed E-state index contributed by atoms with van der Waals surface area (Å²) < 4.78 is 0. The van der Waals surface area contributed by atoms with Crippen molar-refractivity contribution in [2.24, 2.45) is 17.6 Å². The Morgan fingerprint density at radius 2 is 2.40 bits per heavy atom. The number of primary amides is 1. The first-order valence-electron chi connectivity index (χ1n) is 3.75. The molecule has 0 aromatic rings. The Morgan fingerprint density at radius 1 is 1.70 bits per heavy atom. The average molecular weight is 140 g/mol. The van der Waals surface area contributed by atoms with Crippen molar-refractivity contribution in [3.8, 4) is 0 Å². The van der Waals surface area contributed by atoms with Gasteiger partial charge in [-0.25, -0.2) is 0 Å². The Hall–Kier alpha value is -0.570. The Balaban J connectivity index is 1.95. The first-order valence-corrected chi connectivity index (χ1v) is 3.75. The zero-order chi connectivity index (χ0) is 7.30. The molecule has 0 bridgehead atoms. The van der Waals surface area contributed by atoms with Crippen LogP contribution in [0.2, 0.25) is 0 Å². The Labute approximate surface area is 60.0 Å².